The zero-order valence-corrected chi connectivity index (χ0v) is 22.0. The highest BCUT2D eigenvalue weighted by atomic mass is 19.1. The Kier molecular flexibility index (Phi) is 8.67. The number of benzene rings is 1. The van der Waals surface area contributed by atoms with Gasteiger partial charge in [-0.1, -0.05) is 6.92 Å². The van der Waals surface area contributed by atoms with Gasteiger partial charge in [0.15, 0.2) is 11.5 Å². The number of nitrogens with two attached hydrogens (primary N) is 1. The molecule has 0 bridgehead atoms. The molecular weight excluding hydrogens is 479 g/mol. The van der Waals surface area contributed by atoms with Gasteiger partial charge >= 0.3 is 6.09 Å². The van der Waals surface area contributed by atoms with Crippen LogP contribution in [0.5, 0.6) is 0 Å². The summed E-state index contributed by atoms with van der Waals surface area (Å²) in [5, 5.41) is 5.78. The largest absolute Gasteiger partial charge is 0.453 e. The molecule has 37 heavy (non-hydrogen) atoms. The van der Waals surface area contributed by atoms with Crippen LogP contribution in [0, 0.1) is 5.82 Å². The zero-order valence-electron chi connectivity index (χ0n) is 22.0. The van der Waals surface area contributed by atoms with Crippen molar-refractivity contribution in [2.24, 2.45) is 5.73 Å². The molecule has 1 aliphatic rings. The molecule has 3 amide bonds. The number of carbonyl (C=O) groups is 3. The third kappa shape index (κ3) is 7.14. The first kappa shape index (κ1) is 27.8. The number of aryl methyl sites for hydroxylation is 1. The second kappa shape index (κ2) is 11.5. The van der Waals surface area contributed by atoms with Crippen LogP contribution in [0.15, 0.2) is 18.2 Å². The summed E-state index contributed by atoms with van der Waals surface area (Å²) >= 11 is 0. The van der Waals surface area contributed by atoms with E-state index < -0.39 is 23.4 Å². The number of nitrogens with one attached hydrogen (secondary N) is 2. The van der Waals surface area contributed by atoms with Gasteiger partial charge in [0, 0.05) is 23.7 Å². The second-order valence-electron chi connectivity index (χ2n) is 10.0. The Morgan fingerprint density at radius 1 is 1.22 bits per heavy atom. The summed E-state index contributed by atoms with van der Waals surface area (Å²) in [6.45, 7) is 7.30. The van der Waals surface area contributed by atoms with Gasteiger partial charge in [-0.25, -0.2) is 19.2 Å². The minimum absolute atomic E-state index is 0.0356. The van der Waals surface area contributed by atoms with Crippen molar-refractivity contribution in [1.29, 1.82) is 0 Å². The molecule has 1 aromatic heterocycles. The van der Waals surface area contributed by atoms with E-state index in [0.717, 1.165) is 24.2 Å². The Hall–Kier alpha value is -3.76. The third-order valence-corrected chi connectivity index (χ3v) is 6.06. The molecule has 0 radical (unpaired) electrons. The van der Waals surface area contributed by atoms with Crippen molar-refractivity contribution in [1.82, 2.24) is 20.2 Å². The first-order valence-corrected chi connectivity index (χ1v) is 12.3. The zero-order chi connectivity index (χ0) is 27.3. The predicted molar refractivity (Wildman–Crippen MR) is 137 cm³/mol. The number of hydrogen-bond acceptors (Lipinski definition) is 7. The van der Waals surface area contributed by atoms with Crippen LogP contribution in [0.3, 0.4) is 0 Å². The maximum Gasteiger partial charge on any atom is 0.410 e. The highest BCUT2D eigenvalue weighted by molar-refractivity contribution is 5.96. The number of ether oxygens (including phenoxy) is 1. The lowest BCUT2D eigenvalue weighted by molar-refractivity contribution is -0.123. The number of primary amides is 1. The normalized spacial score (nSPS) is 13.1. The predicted octanol–water partition coefficient (Wildman–Crippen LogP) is 3.42. The van der Waals surface area contributed by atoms with Gasteiger partial charge in [0.25, 0.3) is 5.91 Å². The van der Waals surface area contributed by atoms with Crippen molar-refractivity contribution < 1.29 is 23.5 Å². The van der Waals surface area contributed by atoms with Crippen molar-refractivity contribution in [2.75, 3.05) is 25.5 Å². The molecule has 1 heterocycles. The van der Waals surface area contributed by atoms with Gasteiger partial charge in [-0.05, 0) is 70.2 Å². The van der Waals surface area contributed by atoms with Crippen LogP contribution in [0.25, 0.3) is 0 Å². The average molecular weight is 515 g/mol. The number of halogens is 1. The van der Waals surface area contributed by atoms with Crippen LogP contribution in [0.2, 0.25) is 0 Å². The van der Waals surface area contributed by atoms with Gasteiger partial charge < -0.3 is 21.1 Å². The van der Waals surface area contributed by atoms with Crippen LogP contribution in [0.4, 0.5) is 20.7 Å². The molecule has 1 aliphatic carbocycles. The Morgan fingerprint density at radius 3 is 2.49 bits per heavy atom. The van der Waals surface area contributed by atoms with E-state index in [2.05, 4.69) is 20.6 Å². The molecule has 3 rings (SSSR count). The summed E-state index contributed by atoms with van der Waals surface area (Å²) < 4.78 is 19.3. The Labute approximate surface area is 216 Å². The summed E-state index contributed by atoms with van der Waals surface area (Å²) in [5.41, 5.74) is 7.46. The number of methoxy groups -OCH3 is 1. The lowest BCUT2D eigenvalue weighted by Crippen LogP contribution is -2.50. The van der Waals surface area contributed by atoms with Gasteiger partial charge in [0.05, 0.1) is 18.5 Å². The summed E-state index contributed by atoms with van der Waals surface area (Å²) in [4.78, 5) is 46.9. The van der Waals surface area contributed by atoms with E-state index in [1.807, 2.05) is 6.92 Å². The van der Waals surface area contributed by atoms with Gasteiger partial charge in [-0.3, -0.25) is 14.5 Å². The Morgan fingerprint density at radius 2 is 1.92 bits per heavy atom. The van der Waals surface area contributed by atoms with Crippen LogP contribution < -0.4 is 16.4 Å². The molecule has 0 unspecified atom stereocenters. The molecule has 0 aliphatic heterocycles. The minimum Gasteiger partial charge on any atom is -0.453 e. The van der Waals surface area contributed by atoms with E-state index in [1.54, 1.807) is 26.8 Å². The number of carbonyl (C=O) groups excluding carboxylic acids is 3. The molecule has 1 fully saturated rings. The number of hydrogen-bond donors (Lipinski definition) is 3. The number of aromatic nitrogens is 2. The molecule has 4 N–H and O–H groups in total. The van der Waals surface area contributed by atoms with Crippen LogP contribution in [0.1, 0.15) is 73.9 Å². The Bertz CT molecular complexity index is 1180. The van der Waals surface area contributed by atoms with Crippen LogP contribution >= 0.6 is 0 Å². The van der Waals surface area contributed by atoms with Gasteiger partial charge in [0.2, 0.25) is 5.91 Å². The van der Waals surface area contributed by atoms with Crippen molar-refractivity contribution in [3.8, 4) is 0 Å². The fraction of sp³-hybridized carbons (Fsp3) is 0.500. The molecular formula is C26H35FN6O4. The highest BCUT2D eigenvalue weighted by Gasteiger charge is 2.30. The summed E-state index contributed by atoms with van der Waals surface area (Å²) in [7, 11) is 1.26. The standard InChI is InChI=1S/C26H35FN6O4/c1-6-19-21(15-7-8-15)32-24(22(31-19)23(28)35)30-17-9-10-18(27)16(13-17)11-12-29-20(34)14-33(25(36)37-5)26(2,3)4/h9-10,13,15H,6-8,11-12,14H2,1-5H3,(H2,28,35)(H,29,34)(H,30,32). The lowest BCUT2D eigenvalue weighted by atomic mass is 10.1. The van der Waals surface area contributed by atoms with E-state index in [-0.39, 0.29) is 36.9 Å². The van der Waals surface area contributed by atoms with Gasteiger partial charge in [0.1, 0.15) is 12.4 Å². The first-order chi connectivity index (χ1) is 17.4. The first-order valence-electron chi connectivity index (χ1n) is 12.3. The summed E-state index contributed by atoms with van der Waals surface area (Å²) in [5.74, 6) is -0.964. The van der Waals surface area contributed by atoms with E-state index in [9.17, 15) is 18.8 Å². The van der Waals surface area contributed by atoms with Crippen molar-refractivity contribution in [3.05, 3.63) is 46.7 Å². The van der Waals surface area contributed by atoms with Crippen molar-refractivity contribution in [2.45, 2.75) is 64.8 Å². The average Bonchev–Trinajstić information content (AvgIpc) is 3.68. The molecule has 0 saturated heterocycles. The number of amides is 3. The van der Waals surface area contributed by atoms with Gasteiger partial charge in [-0.15, -0.1) is 0 Å². The molecule has 10 nitrogen and oxygen atoms in total. The molecule has 0 spiro atoms. The maximum absolute atomic E-state index is 14.5. The topological polar surface area (TPSA) is 140 Å². The fourth-order valence-electron chi connectivity index (χ4n) is 3.89. The molecule has 200 valence electrons. The molecule has 1 saturated carbocycles. The van der Waals surface area contributed by atoms with Gasteiger partial charge in [-0.2, -0.15) is 0 Å². The minimum atomic E-state index is -0.701. The highest BCUT2D eigenvalue weighted by Crippen LogP contribution is 2.41. The van der Waals surface area contributed by atoms with E-state index in [0.29, 0.717) is 23.6 Å². The molecule has 2 aromatic rings. The second-order valence-corrected chi connectivity index (χ2v) is 10.0. The number of rotatable bonds is 10. The fourth-order valence-corrected chi connectivity index (χ4v) is 3.89. The summed E-state index contributed by atoms with van der Waals surface area (Å²) in [6, 6.07) is 4.43. The Balaban J connectivity index is 1.70. The van der Waals surface area contributed by atoms with E-state index in [1.165, 1.54) is 24.1 Å². The van der Waals surface area contributed by atoms with E-state index in [4.69, 9.17) is 10.5 Å². The lowest BCUT2D eigenvalue weighted by Gasteiger charge is -2.33. The van der Waals surface area contributed by atoms with Crippen molar-refractivity contribution >= 4 is 29.4 Å². The molecule has 1 aromatic carbocycles. The van der Waals surface area contributed by atoms with Crippen LogP contribution in [-0.2, 0) is 22.4 Å². The quantitative estimate of drug-likeness (QED) is 0.441. The SMILES string of the molecule is CCc1nc(C(N)=O)c(Nc2ccc(F)c(CCNC(=O)CN(C(=O)OC)C(C)(C)C)c2)nc1C1CC1. The molecule has 11 heteroatoms. The third-order valence-electron chi connectivity index (χ3n) is 6.06. The number of nitrogens with zero attached hydrogens (tertiary/aromatic N) is 3. The van der Waals surface area contributed by atoms with E-state index >= 15 is 0 Å². The van der Waals surface area contributed by atoms with Crippen LogP contribution in [-0.4, -0.2) is 58.5 Å². The monoisotopic (exact) mass is 514 g/mol. The maximum atomic E-state index is 14.5. The number of anilines is 2. The molecule has 0 atom stereocenters. The van der Waals surface area contributed by atoms with Crippen molar-refractivity contribution in [3.63, 3.8) is 0 Å². The summed E-state index contributed by atoms with van der Waals surface area (Å²) in [6.07, 6.45) is 2.28. The smallest absolute Gasteiger partial charge is 0.410 e.